The van der Waals surface area contributed by atoms with Crippen LogP contribution in [0.5, 0.6) is 0 Å². The van der Waals surface area contributed by atoms with Gasteiger partial charge in [-0.15, -0.1) is 0 Å². The summed E-state index contributed by atoms with van der Waals surface area (Å²) in [5.74, 6) is -0.635. The van der Waals surface area contributed by atoms with E-state index in [2.05, 4.69) is 11.1 Å². The smallest absolute Gasteiger partial charge is 0.292 e. The van der Waals surface area contributed by atoms with Crippen LogP contribution >= 0.6 is 0 Å². The second-order valence-electron chi connectivity index (χ2n) is 4.17. The molecule has 1 atom stereocenters. The van der Waals surface area contributed by atoms with Gasteiger partial charge in [0, 0.05) is 5.56 Å². The first kappa shape index (κ1) is 16.8. The molecule has 1 aromatic rings. The van der Waals surface area contributed by atoms with Crippen LogP contribution in [0.15, 0.2) is 24.3 Å². The molecule has 0 aliphatic rings. The summed E-state index contributed by atoms with van der Waals surface area (Å²) in [6.45, 7) is 1.20. The van der Waals surface area contributed by atoms with Crippen molar-refractivity contribution in [2.75, 3.05) is 6.61 Å². The van der Waals surface area contributed by atoms with Gasteiger partial charge in [0.15, 0.2) is 5.78 Å². The topological polar surface area (TPSA) is 43.4 Å². The summed E-state index contributed by atoms with van der Waals surface area (Å²) >= 11 is -3.46. The summed E-state index contributed by atoms with van der Waals surface area (Å²) in [6.07, 6.45) is 2.97. The van der Waals surface area contributed by atoms with E-state index in [1.807, 2.05) is 0 Å². The molecule has 0 amide bonds. The summed E-state index contributed by atoms with van der Waals surface area (Å²) in [5.41, 5.74) is -3.67. The van der Waals surface area contributed by atoms with Gasteiger partial charge in [0.2, 0.25) is 0 Å². The summed E-state index contributed by atoms with van der Waals surface area (Å²) in [7, 11) is 0. The molecule has 0 bridgehead atoms. The first-order valence-electron chi connectivity index (χ1n) is 6.08. The highest BCUT2D eigenvalue weighted by atomic mass is 32.2. The number of benzene rings is 1. The first-order valence-corrected chi connectivity index (χ1v) is 7.16. The highest BCUT2D eigenvalue weighted by Gasteiger charge is 2.38. The van der Waals surface area contributed by atoms with Gasteiger partial charge >= 0.3 is 5.51 Å². The van der Waals surface area contributed by atoms with E-state index in [-0.39, 0.29) is 5.56 Å². The molecule has 0 fully saturated rings. The second kappa shape index (κ2) is 7.54. The highest BCUT2D eigenvalue weighted by Crippen LogP contribution is 2.20. The maximum absolute atomic E-state index is 11.9. The van der Waals surface area contributed by atoms with Crippen LogP contribution in [0.1, 0.15) is 35.7 Å². The third-order valence-corrected chi connectivity index (χ3v) is 3.29. The summed E-state index contributed by atoms with van der Waals surface area (Å²) in [5, 5.41) is 0. The Balaban J connectivity index is 2.54. The van der Waals surface area contributed by atoms with Crippen molar-refractivity contribution in [3.8, 4) is 0 Å². The predicted octanol–water partition coefficient (Wildman–Crippen LogP) is 3.41. The molecule has 0 radical (unpaired) electrons. The number of ketones is 1. The van der Waals surface area contributed by atoms with E-state index in [4.69, 9.17) is 0 Å². The minimum Gasteiger partial charge on any atom is -0.292 e. The molecule has 7 heteroatoms. The van der Waals surface area contributed by atoms with Gasteiger partial charge in [-0.05, 0) is 18.4 Å². The lowest BCUT2D eigenvalue weighted by Crippen LogP contribution is -2.21. The van der Waals surface area contributed by atoms with E-state index < -0.39 is 29.0 Å². The number of aryl methyl sites for hydroxylation is 1. The van der Waals surface area contributed by atoms with Crippen LogP contribution in [-0.2, 0) is 21.7 Å². The lowest BCUT2D eigenvalue weighted by Gasteiger charge is -2.06. The molecule has 0 heterocycles. The lowest BCUT2D eigenvalue weighted by atomic mass is 10.0. The minimum absolute atomic E-state index is 0.240. The molecule has 0 N–H and O–H groups in total. The van der Waals surface area contributed by atoms with Gasteiger partial charge in [-0.25, -0.2) is 4.21 Å². The van der Waals surface area contributed by atoms with Gasteiger partial charge < -0.3 is 0 Å². The molecule has 0 saturated carbocycles. The molecule has 112 valence electrons. The van der Waals surface area contributed by atoms with Gasteiger partial charge in [0.25, 0.3) is 11.1 Å². The second-order valence-corrected chi connectivity index (χ2v) is 5.33. The van der Waals surface area contributed by atoms with Crippen molar-refractivity contribution < 1.29 is 26.4 Å². The molecular formula is C13H15F3O3S. The fraction of sp³-hybridized carbons (Fsp3) is 0.462. The summed E-state index contributed by atoms with van der Waals surface area (Å²) in [6, 6.07) is 6.58. The Morgan fingerprint density at radius 2 is 1.85 bits per heavy atom. The molecule has 3 nitrogen and oxygen atoms in total. The third kappa shape index (κ3) is 5.42. The van der Waals surface area contributed by atoms with Crippen LogP contribution < -0.4 is 0 Å². The van der Waals surface area contributed by atoms with E-state index >= 15 is 0 Å². The fourth-order valence-corrected chi connectivity index (χ4v) is 1.84. The van der Waals surface area contributed by atoms with Crippen molar-refractivity contribution in [3.63, 3.8) is 0 Å². The molecule has 0 saturated heterocycles. The zero-order chi connectivity index (χ0) is 15.2. The van der Waals surface area contributed by atoms with Crippen LogP contribution in [0.25, 0.3) is 0 Å². The molecule has 1 rings (SSSR count). The van der Waals surface area contributed by atoms with Crippen molar-refractivity contribution in [1.82, 2.24) is 0 Å². The van der Waals surface area contributed by atoms with Crippen LogP contribution in [0.4, 0.5) is 13.2 Å². The number of alkyl halides is 3. The van der Waals surface area contributed by atoms with E-state index in [1.165, 1.54) is 12.1 Å². The van der Waals surface area contributed by atoms with Crippen molar-refractivity contribution in [2.24, 2.45) is 0 Å². The number of halogens is 3. The zero-order valence-electron chi connectivity index (χ0n) is 10.9. The Kier molecular flexibility index (Phi) is 6.35. The number of carbonyl (C=O) groups is 1. The standard InChI is InChI=1S/C13H15F3O3S/c1-2-3-4-10-5-7-11(8-6-10)12(17)9-19-20(18)13(14,15)16/h5-8H,2-4,9H2,1H3. The van der Waals surface area contributed by atoms with Gasteiger partial charge in [-0.1, -0.05) is 37.6 Å². The molecular weight excluding hydrogens is 293 g/mol. The zero-order valence-corrected chi connectivity index (χ0v) is 11.7. The molecule has 0 aliphatic carbocycles. The van der Waals surface area contributed by atoms with Gasteiger partial charge in [0.05, 0.1) is 0 Å². The Morgan fingerprint density at radius 1 is 1.25 bits per heavy atom. The average Bonchev–Trinajstić information content (AvgIpc) is 2.41. The van der Waals surface area contributed by atoms with Crippen LogP contribution in [-0.4, -0.2) is 22.1 Å². The van der Waals surface area contributed by atoms with Crippen LogP contribution in [0, 0.1) is 0 Å². The number of hydrogen-bond acceptors (Lipinski definition) is 3. The molecule has 0 spiro atoms. The Hall–Kier alpha value is -1.21. The number of rotatable bonds is 7. The molecule has 1 unspecified atom stereocenters. The van der Waals surface area contributed by atoms with Gasteiger partial charge in [-0.3, -0.25) is 8.98 Å². The number of carbonyl (C=O) groups excluding carboxylic acids is 1. The normalized spacial score (nSPS) is 13.2. The molecule has 0 aromatic heterocycles. The van der Waals surface area contributed by atoms with Crippen LogP contribution in [0.3, 0.4) is 0 Å². The van der Waals surface area contributed by atoms with Gasteiger partial charge in [-0.2, -0.15) is 13.2 Å². The lowest BCUT2D eigenvalue weighted by molar-refractivity contribution is -0.0467. The number of Topliss-reactive ketones (excluding diaryl/α,β-unsaturated/α-hetero) is 1. The molecule has 0 aliphatic heterocycles. The van der Waals surface area contributed by atoms with Crippen LogP contribution in [0.2, 0.25) is 0 Å². The molecule has 20 heavy (non-hydrogen) atoms. The fourth-order valence-electron chi connectivity index (χ4n) is 1.50. The van der Waals surface area contributed by atoms with E-state index in [9.17, 15) is 22.2 Å². The maximum atomic E-state index is 11.9. The summed E-state index contributed by atoms with van der Waals surface area (Å²) < 4.78 is 50.4. The Labute approximate surface area is 117 Å². The Morgan fingerprint density at radius 3 is 2.35 bits per heavy atom. The van der Waals surface area contributed by atoms with Crippen molar-refractivity contribution in [2.45, 2.75) is 31.7 Å². The van der Waals surface area contributed by atoms with Crippen molar-refractivity contribution in [1.29, 1.82) is 0 Å². The third-order valence-electron chi connectivity index (χ3n) is 2.58. The highest BCUT2D eigenvalue weighted by molar-refractivity contribution is 7.81. The van der Waals surface area contributed by atoms with E-state index in [1.54, 1.807) is 12.1 Å². The average molecular weight is 308 g/mol. The van der Waals surface area contributed by atoms with E-state index in [0.717, 1.165) is 24.8 Å². The Bertz CT molecular complexity index is 469. The van der Waals surface area contributed by atoms with Crippen molar-refractivity contribution in [3.05, 3.63) is 35.4 Å². The maximum Gasteiger partial charge on any atom is 0.497 e. The van der Waals surface area contributed by atoms with Crippen molar-refractivity contribution >= 4 is 16.9 Å². The van der Waals surface area contributed by atoms with Gasteiger partial charge in [0.1, 0.15) is 6.61 Å². The largest absolute Gasteiger partial charge is 0.497 e. The van der Waals surface area contributed by atoms with E-state index in [0.29, 0.717) is 0 Å². The molecule has 1 aromatic carbocycles. The predicted molar refractivity (Wildman–Crippen MR) is 69.5 cm³/mol. The monoisotopic (exact) mass is 308 g/mol. The number of unbranched alkanes of at least 4 members (excludes halogenated alkanes) is 1. The minimum atomic E-state index is -4.97. The SMILES string of the molecule is CCCCc1ccc(C(=O)COS(=O)C(F)(F)F)cc1. The quantitative estimate of drug-likeness (QED) is 0.725. The summed E-state index contributed by atoms with van der Waals surface area (Å²) in [4.78, 5) is 11.6. The number of hydrogen-bond donors (Lipinski definition) is 0. The first-order chi connectivity index (χ1) is 9.34.